The number of hydrogen-bond donors (Lipinski definition) is 0. The lowest BCUT2D eigenvalue weighted by Gasteiger charge is -2.40. The highest BCUT2D eigenvalue weighted by atomic mass is 16.5. The van der Waals surface area contributed by atoms with Gasteiger partial charge in [0.05, 0.1) is 25.6 Å². The van der Waals surface area contributed by atoms with E-state index >= 15 is 0 Å². The normalized spacial score (nSPS) is 18.7. The van der Waals surface area contributed by atoms with E-state index < -0.39 is 5.54 Å². The third kappa shape index (κ3) is 5.26. The second-order valence-electron chi connectivity index (χ2n) is 10.2. The van der Waals surface area contributed by atoms with E-state index in [1.54, 1.807) is 14.2 Å². The second kappa shape index (κ2) is 11.7. The van der Waals surface area contributed by atoms with E-state index in [2.05, 4.69) is 45.0 Å². The zero-order chi connectivity index (χ0) is 27.3. The molecule has 1 heterocycles. The van der Waals surface area contributed by atoms with E-state index in [1.165, 1.54) is 5.56 Å². The van der Waals surface area contributed by atoms with E-state index in [4.69, 9.17) is 14.6 Å². The first-order chi connectivity index (χ1) is 18.3. The van der Waals surface area contributed by atoms with Crippen molar-refractivity contribution in [1.82, 2.24) is 4.90 Å². The molecule has 1 aliphatic rings. The molecular formula is C32H39N3O3. The number of methoxy groups -OCH3 is 2. The van der Waals surface area contributed by atoms with Crippen molar-refractivity contribution in [2.45, 2.75) is 52.1 Å². The van der Waals surface area contributed by atoms with Crippen molar-refractivity contribution in [3.8, 4) is 11.5 Å². The number of carbonyl (C=O) groups is 1. The Morgan fingerprint density at radius 2 is 1.68 bits per heavy atom. The third-order valence-corrected chi connectivity index (χ3v) is 7.50. The van der Waals surface area contributed by atoms with Crippen LogP contribution in [0.4, 0.5) is 5.69 Å². The van der Waals surface area contributed by atoms with Gasteiger partial charge in [0.1, 0.15) is 5.54 Å². The maximum atomic E-state index is 14.5. The molecule has 2 unspecified atom stereocenters. The molecule has 1 aliphatic heterocycles. The Morgan fingerprint density at radius 1 is 1.00 bits per heavy atom. The number of nitrogens with zero attached hydrogens (tertiary/aromatic N) is 3. The first-order valence-corrected chi connectivity index (χ1v) is 13.3. The minimum Gasteiger partial charge on any atom is -0.493 e. The minimum absolute atomic E-state index is 0.0307. The van der Waals surface area contributed by atoms with Crippen LogP contribution in [0.15, 0.2) is 77.9 Å². The molecule has 0 saturated carbocycles. The average molecular weight is 514 g/mol. The number of benzene rings is 3. The number of rotatable bonds is 10. The van der Waals surface area contributed by atoms with E-state index in [9.17, 15) is 4.79 Å². The number of hydrogen-bond acceptors (Lipinski definition) is 5. The van der Waals surface area contributed by atoms with E-state index in [-0.39, 0.29) is 11.8 Å². The summed E-state index contributed by atoms with van der Waals surface area (Å²) in [6, 6.07) is 24.3. The summed E-state index contributed by atoms with van der Waals surface area (Å²) in [6.45, 7) is 6.77. The predicted octanol–water partition coefficient (Wildman–Crippen LogP) is 6.46. The lowest BCUT2D eigenvalue weighted by molar-refractivity contribution is -0.136. The minimum atomic E-state index is -0.887. The Bertz CT molecular complexity index is 1270. The van der Waals surface area contributed by atoms with Crippen LogP contribution >= 0.6 is 0 Å². The molecule has 0 aliphatic carbocycles. The fraction of sp³-hybridized carbons (Fsp3) is 0.375. The van der Waals surface area contributed by atoms with Crippen LogP contribution in [0, 0.1) is 12.8 Å². The molecule has 3 aromatic rings. The number of aryl methyl sites for hydroxylation is 1. The monoisotopic (exact) mass is 513 g/mol. The number of hydrazone groups is 1. The average Bonchev–Trinajstić information content (AvgIpc) is 3.24. The van der Waals surface area contributed by atoms with Crippen molar-refractivity contribution in [2.75, 3.05) is 26.3 Å². The number of ether oxygens (including phenoxy) is 2. The standard InChI is InChI=1S/C32H39N3O3/c1-7-8-14-27-30(25-18-15-23(2)16-19-25)33-35(26-12-10-9-11-13-26)32(27,3)31(36)34(4)22-24-17-20-28(37-5)29(21-24)38-6/h9-13,15-21,27H,7-8,14,22H2,1-6H3. The topological polar surface area (TPSA) is 54.4 Å². The Balaban J connectivity index is 1.75. The molecule has 0 fully saturated rings. The van der Waals surface area contributed by atoms with Crippen molar-refractivity contribution >= 4 is 17.3 Å². The SMILES string of the molecule is CCCCC1C(c2ccc(C)cc2)=NN(c2ccccc2)C1(C)C(=O)N(C)Cc1ccc(OC)c(OC)c1. The largest absolute Gasteiger partial charge is 0.493 e. The Kier molecular flexibility index (Phi) is 8.40. The van der Waals surface area contributed by atoms with Crippen molar-refractivity contribution in [2.24, 2.45) is 11.0 Å². The van der Waals surface area contributed by atoms with Crippen LogP contribution in [0.5, 0.6) is 11.5 Å². The fourth-order valence-electron chi connectivity index (χ4n) is 5.35. The highest BCUT2D eigenvalue weighted by Gasteiger charge is 2.54. The predicted molar refractivity (Wildman–Crippen MR) is 154 cm³/mol. The van der Waals surface area contributed by atoms with Crippen LogP contribution in [-0.4, -0.2) is 43.3 Å². The van der Waals surface area contributed by atoms with Crippen molar-refractivity contribution in [1.29, 1.82) is 0 Å². The van der Waals surface area contributed by atoms with Gasteiger partial charge < -0.3 is 14.4 Å². The summed E-state index contributed by atoms with van der Waals surface area (Å²) in [5.74, 6) is 1.28. The van der Waals surface area contributed by atoms with Gasteiger partial charge in [0.2, 0.25) is 0 Å². The van der Waals surface area contributed by atoms with Crippen molar-refractivity contribution in [3.63, 3.8) is 0 Å². The van der Waals surface area contributed by atoms with Gasteiger partial charge >= 0.3 is 0 Å². The third-order valence-electron chi connectivity index (χ3n) is 7.50. The molecule has 6 nitrogen and oxygen atoms in total. The van der Waals surface area contributed by atoms with Gasteiger partial charge in [0.25, 0.3) is 5.91 Å². The number of likely N-dealkylation sites (N-methyl/N-ethyl adjacent to an activating group) is 1. The van der Waals surface area contributed by atoms with Crippen LogP contribution in [0.2, 0.25) is 0 Å². The van der Waals surface area contributed by atoms with E-state index in [0.29, 0.717) is 18.0 Å². The molecule has 0 N–H and O–H groups in total. The Hall–Kier alpha value is -3.80. The van der Waals surface area contributed by atoms with Gasteiger partial charge in [-0.3, -0.25) is 4.79 Å². The number of para-hydroxylation sites is 1. The molecule has 200 valence electrons. The van der Waals surface area contributed by atoms with Gasteiger partial charge in [0.15, 0.2) is 11.5 Å². The first-order valence-electron chi connectivity index (χ1n) is 13.3. The summed E-state index contributed by atoms with van der Waals surface area (Å²) in [7, 11) is 5.11. The molecule has 1 amide bonds. The molecule has 0 bridgehead atoms. The number of amides is 1. The first kappa shape index (κ1) is 27.2. The number of anilines is 1. The van der Waals surface area contributed by atoms with Gasteiger partial charge in [-0.15, -0.1) is 0 Å². The number of carbonyl (C=O) groups excluding carboxylic acids is 1. The summed E-state index contributed by atoms with van der Waals surface area (Å²) in [4.78, 5) is 16.3. The van der Waals surface area contributed by atoms with Gasteiger partial charge in [-0.2, -0.15) is 5.10 Å². The molecule has 0 spiro atoms. The highest BCUT2D eigenvalue weighted by Crippen LogP contribution is 2.43. The van der Waals surface area contributed by atoms with E-state index in [1.807, 2.05) is 65.5 Å². The Morgan fingerprint density at radius 3 is 2.32 bits per heavy atom. The molecule has 4 rings (SSSR count). The zero-order valence-electron chi connectivity index (χ0n) is 23.4. The molecular weight excluding hydrogens is 474 g/mol. The quantitative estimate of drug-likeness (QED) is 0.312. The molecule has 0 radical (unpaired) electrons. The summed E-state index contributed by atoms with van der Waals surface area (Å²) in [5, 5.41) is 7.13. The molecule has 38 heavy (non-hydrogen) atoms. The molecule has 0 aromatic heterocycles. The molecule has 6 heteroatoms. The van der Waals surface area contributed by atoms with E-state index in [0.717, 1.165) is 41.8 Å². The van der Waals surface area contributed by atoms with Crippen LogP contribution in [0.1, 0.15) is 49.8 Å². The maximum Gasteiger partial charge on any atom is 0.251 e. The maximum absolute atomic E-state index is 14.5. The van der Waals surface area contributed by atoms with Crippen LogP contribution < -0.4 is 14.5 Å². The smallest absolute Gasteiger partial charge is 0.251 e. The Labute approximate surface area is 226 Å². The van der Waals surface area contributed by atoms with Gasteiger partial charge in [-0.05, 0) is 55.7 Å². The summed E-state index contributed by atoms with van der Waals surface area (Å²) >= 11 is 0. The van der Waals surface area contributed by atoms with Crippen LogP contribution in [-0.2, 0) is 11.3 Å². The summed E-state index contributed by atoms with van der Waals surface area (Å²) < 4.78 is 10.9. The second-order valence-corrected chi connectivity index (χ2v) is 10.2. The zero-order valence-corrected chi connectivity index (χ0v) is 23.4. The highest BCUT2D eigenvalue weighted by molar-refractivity contribution is 6.10. The van der Waals surface area contributed by atoms with Crippen LogP contribution in [0.25, 0.3) is 0 Å². The number of unbranched alkanes of at least 4 members (excludes halogenated alkanes) is 1. The van der Waals surface area contributed by atoms with Gasteiger partial charge in [-0.25, -0.2) is 5.01 Å². The van der Waals surface area contributed by atoms with Gasteiger partial charge in [0, 0.05) is 19.5 Å². The van der Waals surface area contributed by atoms with Gasteiger partial charge in [-0.1, -0.05) is 73.9 Å². The van der Waals surface area contributed by atoms with Crippen molar-refractivity contribution < 1.29 is 14.3 Å². The van der Waals surface area contributed by atoms with Crippen LogP contribution in [0.3, 0.4) is 0 Å². The fourth-order valence-corrected chi connectivity index (χ4v) is 5.35. The molecule has 0 saturated heterocycles. The molecule has 2 atom stereocenters. The summed E-state index contributed by atoms with van der Waals surface area (Å²) in [6.07, 6.45) is 2.94. The summed E-state index contributed by atoms with van der Waals surface area (Å²) in [5.41, 5.74) is 4.23. The van der Waals surface area contributed by atoms with Crippen molar-refractivity contribution in [3.05, 3.63) is 89.5 Å². The lowest BCUT2D eigenvalue weighted by Crippen LogP contribution is -2.58. The lowest BCUT2D eigenvalue weighted by atomic mass is 9.76. The molecule has 3 aromatic carbocycles.